The molecule has 1 fully saturated rings. The lowest BCUT2D eigenvalue weighted by Crippen LogP contribution is -2.25. The molecular weight excluding hydrogens is 172 g/mol. The number of hydrogen-bond donors (Lipinski definition) is 1. The zero-order valence-corrected chi connectivity index (χ0v) is 10.1. The van der Waals surface area contributed by atoms with Crippen LogP contribution in [0.4, 0.5) is 0 Å². The molecule has 14 heavy (non-hydrogen) atoms. The first-order valence-electron chi connectivity index (χ1n) is 6.17. The molecule has 0 heterocycles. The topological polar surface area (TPSA) is 20.2 Å². The maximum atomic E-state index is 10.1. The summed E-state index contributed by atoms with van der Waals surface area (Å²) in [4.78, 5) is 0. The van der Waals surface area contributed by atoms with Gasteiger partial charge in [0, 0.05) is 0 Å². The first-order chi connectivity index (χ1) is 6.49. The largest absolute Gasteiger partial charge is 0.393 e. The van der Waals surface area contributed by atoms with E-state index in [1.165, 1.54) is 38.5 Å². The summed E-state index contributed by atoms with van der Waals surface area (Å²) in [5, 5.41) is 10.1. The smallest absolute Gasteiger partial charge is 0.0573 e. The van der Waals surface area contributed by atoms with Crippen molar-refractivity contribution in [3.63, 3.8) is 0 Å². The van der Waals surface area contributed by atoms with Crippen molar-refractivity contribution in [3.05, 3.63) is 0 Å². The van der Waals surface area contributed by atoms with Crippen LogP contribution in [-0.2, 0) is 0 Å². The van der Waals surface area contributed by atoms with Gasteiger partial charge in [0.1, 0.15) is 0 Å². The lowest BCUT2D eigenvalue weighted by Gasteiger charge is -2.28. The van der Waals surface area contributed by atoms with E-state index in [9.17, 15) is 5.11 Å². The van der Waals surface area contributed by atoms with Crippen molar-refractivity contribution in [2.45, 2.75) is 71.8 Å². The average Bonchev–Trinajstić information content (AvgIpc) is 2.27. The highest BCUT2D eigenvalue weighted by Gasteiger charge is 2.24. The molecule has 1 saturated carbocycles. The fourth-order valence-electron chi connectivity index (χ4n) is 2.49. The summed E-state index contributed by atoms with van der Waals surface area (Å²) in [7, 11) is 0. The molecule has 1 atom stereocenters. The third-order valence-corrected chi connectivity index (χ3v) is 3.27. The van der Waals surface area contributed by atoms with Crippen LogP contribution in [-0.4, -0.2) is 11.2 Å². The number of rotatable bonds is 2. The Labute approximate surface area is 88.9 Å². The molecule has 0 aliphatic heterocycles. The normalized spacial score (nSPS) is 23.1. The van der Waals surface area contributed by atoms with Crippen LogP contribution in [0.3, 0.4) is 0 Å². The molecule has 0 amide bonds. The second-order valence-electron chi connectivity index (χ2n) is 6.08. The SMILES string of the molecule is CC(C)(C)CC(O)C1CCCCCC1. The molecule has 1 heteroatoms. The summed E-state index contributed by atoms with van der Waals surface area (Å²) < 4.78 is 0. The second-order valence-corrected chi connectivity index (χ2v) is 6.08. The minimum absolute atomic E-state index is 0.0619. The summed E-state index contributed by atoms with van der Waals surface area (Å²) in [6.45, 7) is 6.65. The van der Waals surface area contributed by atoms with E-state index in [2.05, 4.69) is 20.8 Å². The van der Waals surface area contributed by atoms with Gasteiger partial charge in [-0.25, -0.2) is 0 Å². The Morgan fingerprint density at radius 1 is 1.07 bits per heavy atom. The standard InChI is InChI=1S/C13H26O/c1-13(2,3)10-12(14)11-8-6-4-5-7-9-11/h11-12,14H,4-10H2,1-3H3. The first-order valence-corrected chi connectivity index (χ1v) is 6.17. The quantitative estimate of drug-likeness (QED) is 0.670. The zero-order chi connectivity index (χ0) is 10.6. The monoisotopic (exact) mass is 198 g/mol. The van der Waals surface area contributed by atoms with Crippen molar-refractivity contribution in [2.75, 3.05) is 0 Å². The van der Waals surface area contributed by atoms with E-state index in [0.717, 1.165) is 6.42 Å². The van der Waals surface area contributed by atoms with Crippen molar-refractivity contribution >= 4 is 0 Å². The summed E-state index contributed by atoms with van der Waals surface area (Å²) in [5.74, 6) is 0.580. The maximum absolute atomic E-state index is 10.1. The van der Waals surface area contributed by atoms with E-state index in [1.807, 2.05) is 0 Å². The van der Waals surface area contributed by atoms with Gasteiger partial charge in [0.05, 0.1) is 6.10 Å². The summed E-state index contributed by atoms with van der Waals surface area (Å²) in [6, 6.07) is 0. The molecule has 84 valence electrons. The predicted octanol–water partition coefficient (Wildman–Crippen LogP) is 3.75. The Morgan fingerprint density at radius 2 is 1.57 bits per heavy atom. The van der Waals surface area contributed by atoms with Crippen LogP contribution in [0.2, 0.25) is 0 Å². The highest BCUT2D eigenvalue weighted by molar-refractivity contribution is 4.76. The van der Waals surface area contributed by atoms with E-state index >= 15 is 0 Å². The lowest BCUT2D eigenvalue weighted by molar-refractivity contribution is 0.0591. The Balaban J connectivity index is 2.37. The van der Waals surface area contributed by atoms with Crippen LogP contribution >= 0.6 is 0 Å². The van der Waals surface area contributed by atoms with Crippen LogP contribution in [0, 0.1) is 11.3 Å². The molecular formula is C13H26O. The van der Waals surface area contributed by atoms with E-state index < -0.39 is 0 Å². The molecule has 1 nitrogen and oxygen atoms in total. The molecule has 1 aliphatic carbocycles. The minimum Gasteiger partial charge on any atom is -0.393 e. The summed E-state index contributed by atoms with van der Waals surface area (Å²) >= 11 is 0. The predicted molar refractivity (Wildman–Crippen MR) is 61.3 cm³/mol. The van der Waals surface area contributed by atoms with Crippen molar-refractivity contribution < 1.29 is 5.11 Å². The Morgan fingerprint density at radius 3 is 2.00 bits per heavy atom. The number of hydrogen-bond acceptors (Lipinski definition) is 1. The van der Waals surface area contributed by atoms with Crippen LogP contribution in [0.25, 0.3) is 0 Å². The number of aliphatic hydroxyl groups is 1. The maximum Gasteiger partial charge on any atom is 0.0573 e. The van der Waals surface area contributed by atoms with Crippen molar-refractivity contribution in [3.8, 4) is 0 Å². The molecule has 0 aromatic carbocycles. The van der Waals surface area contributed by atoms with Gasteiger partial charge in [-0.05, 0) is 30.6 Å². The van der Waals surface area contributed by atoms with Gasteiger partial charge in [0.2, 0.25) is 0 Å². The number of aliphatic hydroxyl groups excluding tert-OH is 1. The highest BCUT2D eigenvalue weighted by atomic mass is 16.3. The molecule has 0 saturated heterocycles. The Bertz CT molecular complexity index is 149. The average molecular weight is 198 g/mol. The fourth-order valence-corrected chi connectivity index (χ4v) is 2.49. The van der Waals surface area contributed by atoms with Gasteiger partial charge < -0.3 is 5.11 Å². The van der Waals surface area contributed by atoms with Gasteiger partial charge in [-0.2, -0.15) is 0 Å². The van der Waals surface area contributed by atoms with Gasteiger partial charge in [0.25, 0.3) is 0 Å². The molecule has 0 aromatic rings. The van der Waals surface area contributed by atoms with Gasteiger partial charge >= 0.3 is 0 Å². The molecule has 0 spiro atoms. The van der Waals surface area contributed by atoms with E-state index in [-0.39, 0.29) is 11.5 Å². The third-order valence-electron chi connectivity index (χ3n) is 3.27. The molecule has 1 N–H and O–H groups in total. The van der Waals surface area contributed by atoms with E-state index in [1.54, 1.807) is 0 Å². The molecule has 0 aromatic heterocycles. The molecule has 0 bridgehead atoms. The van der Waals surface area contributed by atoms with Crippen LogP contribution < -0.4 is 0 Å². The van der Waals surface area contributed by atoms with Gasteiger partial charge in [-0.1, -0.05) is 46.5 Å². The van der Waals surface area contributed by atoms with Crippen LogP contribution in [0.1, 0.15) is 65.7 Å². The molecule has 0 radical (unpaired) electrons. The second kappa shape index (κ2) is 5.16. The van der Waals surface area contributed by atoms with Crippen molar-refractivity contribution in [1.29, 1.82) is 0 Å². The van der Waals surface area contributed by atoms with Crippen molar-refractivity contribution in [2.24, 2.45) is 11.3 Å². The van der Waals surface area contributed by atoms with Crippen molar-refractivity contribution in [1.82, 2.24) is 0 Å². The molecule has 1 aliphatic rings. The molecule has 1 rings (SSSR count). The minimum atomic E-state index is -0.0619. The summed E-state index contributed by atoms with van der Waals surface area (Å²) in [6.07, 6.45) is 8.79. The zero-order valence-electron chi connectivity index (χ0n) is 10.1. The Hall–Kier alpha value is -0.0400. The summed E-state index contributed by atoms with van der Waals surface area (Å²) in [5.41, 5.74) is 0.270. The Kier molecular flexibility index (Phi) is 4.43. The van der Waals surface area contributed by atoms with Crippen LogP contribution in [0.5, 0.6) is 0 Å². The lowest BCUT2D eigenvalue weighted by atomic mass is 9.82. The first kappa shape index (κ1) is 12.0. The molecule has 1 unspecified atom stereocenters. The fraction of sp³-hybridized carbons (Fsp3) is 1.00. The highest BCUT2D eigenvalue weighted by Crippen LogP contribution is 2.31. The van der Waals surface area contributed by atoms with Gasteiger partial charge in [-0.15, -0.1) is 0 Å². The third kappa shape index (κ3) is 4.45. The van der Waals surface area contributed by atoms with Gasteiger partial charge in [-0.3, -0.25) is 0 Å². The van der Waals surface area contributed by atoms with Crippen LogP contribution in [0.15, 0.2) is 0 Å². The van der Waals surface area contributed by atoms with E-state index in [4.69, 9.17) is 0 Å². The van der Waals surface area contributed by atoms with Gasteiger partial charge in [0.15, 0.2) is 0 Å². The van der Waals surface area contributed by atoms with E-state index in [0.29, 0.717) is 5.92 Å².